The van der Waals surface area contributed by atoms with E-state index >= 15 is 0 Å². The van der Waals surface area contributed by atoms with Gasteiger partial charge in [-0.05, 0) is 42.8 Å². The highest BCUT2D eigenvalue weighted by atomic mass is 32.1. The molecule has 5 heteroatoms. The van der Waals surface area contributed by atoms with Gasteiger partial charge in [-0.1, -0.05) is 6.92 Å². The lowest BCUT2D eigenvalue weighted by Gasteiger charge is -2.00. The highest BCUT2D eigenvalue weighted by Crippen LogP contribution is 2.21. The van der Waals surface area contributed by atoms with Gasteiger partial charge in [0.05, 0.1) is 11.5 Å². The molecule has 0 unspecified atom stereocenters. The van der Waals surface area contributed by atoms with Crippen molar-refractivity contribution in [2.75, 3.05) is 12.3 Å². The maximum Gasteiger partial charge on any atom is 0.348 e. The average Bonchev–Trinajstić information content (AvgIpc) is 2.94. The van der Waals surface area contributed by atoms with E-state index in [0.717, 1.165) is 17.8 Å². The first-order valence-electron chi connectivity index (χ1n) is 6.29. The minimum Gasteiger partial charge on any atom is -0.462 e. The Kier molecular flexibility index (Phi) is 4.53. The number of thiophene rings is 1. The number of ketones is 1. The van der Waals surface area contributed by atoms with Gasteiger partial charge in [-0.2, -0.15) is 0 Å². The van der Waals surface area contributed by atoms with Crippen LogP contribution in [0.3, 0.4) is 0 Å². The van der Waals surface area contributed by atoms with Crippen LogP contribution in [-0.2, 0) is 4.74 Å². The molecule has 2 rings (SSSR count). The molecule has 0 spiro atoms. The summed E-state index contributed by atoms with van der Waals surface area (Å²) in [5.74, 6) is -0.502. The third kappa shape index (κ3) is 3.24. The largest absolute Gasteiger partial charge is 0.462 e. The van der Waals surface area contributed by atoms with E-state index < -0.39 is 0 Å². The van der Waals surface area contributed by atoms with Crippen LogP contribution in [0.25, 0.3) is 0 Å². The topological polar surface area (TPSA) is 69.4 Å². The van der Waals surface area contributed by atoms with E-state index in [2.05, 4.69) is 0 Å². The number of anilines is 1. The lowest BCUT2D eigenvalue weighted by atomic mass is 10.1. The Morgan fingerprint density at radius 1 is 1.10 bits per heavy atom. The summed E-state index contributed by atoms with van der Waals surface area (Å²) in [6.45, 7) is 2.32. The Balaban J connectivity index is 2.14. The molecule has 104 valence electrons. The van der Waals surface area contributed by atoms with Crippen molar-refractivity contribution in [2.24, 2.45) is 0 Å². The first-order valence-corrected chi connectivity index (χ1v) is 7.10. The van der Waals surface area contributed by atoms with Crippen LogP contribution >= 0.6 is 11.3 Å². The van der Waals surface area contributed by atoms with E-state index in [1.165, 1.54) is 0 Å². The highest BCUT2D eigenvalue weighted by Gasteiger charge is 2.15. The summed E-state index contributed by atoms with van der Waals surface area (Å²) in [5, 5.41) is 0. The van der Waals surface area contributed by atoms with Gasteiger partial charge in [-0.15, -0.1) is 11.3 Å². The summed E-state index contributed by atoms with van der Waals surface area (Å²) in [7, 11) is 0. The molecule has 1 aromatic heterocycles. The molecule has 0 bridgehead atoms. The minimum atomic E-state index is -0.381. The van der Waals surface area contributed by atoms with Crippen LogP contribution in [0, 0.1) is 0 Å². The maximum absolute atomic E-state index is 12.2. The second kappa shape index (κ2) is 6.34. The number of nitrogens with two attached hydrogens (primary N) is 1. The van der Waals surface area contributed by atoms with Crippen molar-refractivity contribution in [1.29, 1.82) is 0 Å². The van der Waals surface area contributed by atoms with Gasteiger partial charge in [0, 0.05) is 11.3 Å². The number of benzene rings is 1. The number of hydrogen-bond acceptors (Lipinski definition) is 5. The molecule has 0 saturated heterocycles. The van der Waals surface area contributed by atoms with Gasteiger partial charge < -0.3 is 10.5 Å². The van der Waals surface area contributed by atoms with Crippen molar-refractivity contribution < 1.29 is 14.3 Å². The highest BCUT2D eigenvalue weighted by molar-refractivity contribution is 7.16. The van der Waals surface area contributed by atoms with Crippen molar-refractivity contribution in [3.63, 3.8) is 0 Å². The van der Waals surface area contributed by atoms with Crippen LogP contribution in [0.2, 0.25) is 0 Å². The molecule has 4 nitrogen and oxygen atoms in total. The number of rotatable bonds is 5. The van der Waals surface area contributed by atoms with Gasteiger partial charge in [0.1, 0.15) is 4.88 Å². The molecule has 0 aliphatic carbocycles. The summed E-state index contributed by atoms with van der Waals surface area (Å²) in [6.07, 6.45) is 0.772. The predicted molar refractivity (Wildman–Crippen MR) is 79.2 cm³/mol. The summed E-state index contributed by atoms with van der Waals surface area (Å²) in [4.78, 5) is 24.9. The fourth-order valence-corrected chi connectivity index (χ4v) is 2.47. The number of carbonyl (C=O) groups is 2. The molecule has 20 heavy (non-hydrogen) atoms. The molecule has 1 heterocycles. The van der Waals surface area contributed by atoms with E-state index in [0.29, 0.717) is 27.6 Å². The third-order valence-corrected chi connectivity index (χ3v) is 3.71. The van der Waals surface area contributed by atoms with Crippen LogP contribution in [0.5, 0.6) is 0 Å². The summed E-state index contributed by atoms with van der Waals surface area (Å²) in [5.41, 5.74) is 6.74. The number of carbonyl (C=O) groups excluding carboxylic acids is 2. The average molecular weight is 289 g/mol. The van der Waals surface area contributed by atoms with E-state index in [-0.39, 0.29) is 11.8 Å². The molecule has 2 N–H and O–H groups in total. The molecule has 0 radical (unpaired) electrons. The molecule has 0 amide bonds. The van der Waals surface area contributed by atoms with Gasteiger partial charge in [0.2, 0.25) is 5.78 Å². The fraction of sp³-hybridized carbons (Fsp3) is 0.200. The fourth-order valence-electron chi connectivity index (χ4n) is 1.61. The quantitative estimate of drug-likeness (QED) is 0.521. The first kappa shape index (κ1) is 14.3. The second-order valence-electron chi connectivity index (χ2n) is 4.25. The lowest BCUT2D eigenvalue weighted by Crippen LogP contribution is -2.03. The molecule has 0 aliphatic heterocycles. The van der Waals surface area contributed by atoms with Crippen LogP contribution in [0.15, 0.2) is 36.4 Å². The van der Waals surface area contributed by atoms with Gasteiger partial charge in [-0.25, -0.2) is 4.79 Å². The maximum atomic E-state index is 12.2. The molecular formula is C15H15NO3S. The monoisotopic (exact) mass is 289 g/mol. The molecule has 0 aliphatic rings. The van der Waals surface area contributed by atoms with Gasteiger partial charge >= 0.3 is 5.97 Å². The van der Waals surface area contributed by atoms with Crippen LogP contribution < -0.4 is 5.73 Å². The number of hydrogen-bond donors (Lipinski definition) is 1. The van der Waals surface area contributed by atoms with Crippen molar-refractivity contribution in [3.8, 4) is 0 Å². The van der Waals surface area contributed by atoms with Crippen molar-refractivity contribution in [1.82, 2.24) is 0 Å². The van der Waals surface area contributed by atoms with Crippen molar-refractivity contribution in [3.05, 3.63) is 51.7 Å². The van der Waals surface area contributed by atoms with E-state index in [1.54, 1.807) is 36.4 Å². The zero-order chi connectivity index (χ0) is 14.5. The lowest BCUT2D eigenvalue weighted by molar-refractivity contribution is 0.0511. The first-order chi connectivity index (χ1) is 9.61. The Morgan fingerprint density at radius 2 is 1.75 bits per heavy atom. The van der Waals surface area contributed by atoms with Crippen LogP contribution in [-0.4, -0.2) is 18.4 Å². The molecular weight excluding hydrogens is 274 g/mol. The molecule has 2 aromatic rings. The number of ether oxygens (including phenoxy) is 1. The smallest absolute Gasteiger partial charge is 0.348 e. The van der Waals surface area contributed by atoms with Gasteiger partial charge in [0.25, 0.3) is 0 Å². The van der Waals surface area contributed by atoms with E-state index in [9.17, 15) is 9.59 Å². The van der Waals surface area contributed by atoms with E-state index in [1.807, 2.05) is 6.92 Å². The second-order valence-corrected chi connectivity index (χ2v) is 5.33. The normalized spacial score (nSPS) is 10.2. The van der Waals surface area contributed by atoms with Crippen LogP contribution in [0.4, 0.5) is 5.69 Å². The molecule has 1 aromatic carbocycles. The minimum absolute atomic E-state index is 0.121. The molecule has 0 atom stereocenters. The Morgan fingerprint density at radius 3 is 2.40 bits per heavy atom. The van der Waals surface area contributed by atoms with Crippen molar-refractivity contribution in [2.45, 2.75) is 13.3 Å². The Hall–Kier alpha value is -2.14. The number of esters is 1. The Labute approximate surface area is 121 Å². The third-order valence-electron chi connectivity index (χ3n) is 2.64. The van der Waals surface area contributed by atoms with E-state index in [4.69, 9.17) is 10.5 Å². The molecule has 0 saturated carbocycles. The zero-order valence-electron chi connectivity index (χ0n) is 11.1. The summed E-state index contributed by atoms with van der Waals surface area (Å²) < 4.78 is 5.04. The standard InChI is InChI=1S/C15H15NO3S/c1-2-9-19-15(18)13-8-7-12(20-13)14(17)10-3-5-11(16)6-4-10/h3-8H,2,9,16H2,1H3. The van der Waals surface area contributed by atoms with Gasteiger partial charge in [0.15, 0.2) is 0 Å². The Bertz CT molecular complexity index is 616. The van der Waals surface area contributed by atoms with Crippen molar-refractivity contribution >= 4 is 28.8 Å². The molecule has 0 fully saturated rings. The summed E-state index contributed by atoms with van der Waals surface area (Å²) >= 11 is 1.14. The van der Waals surface area contributed by atoms with Crippen LogP contribution in [0.1, 0.15) is 38.3 Å². The van der Waals surface area contributed by atoms with Gasteiger partial charge in [-0.3, -0.25) is 4.79 Å². The zero-order valence-corrected chi connectivity index (χ0v) is 11.9. The predicted octanol–water partition coefficient (Wildman–Crippen LogP) is 3.13. The SMILES string of the molecule is CCCOC(=O)c1ccc(C(=O)c2ccc(N)cc2)s1. The summed E-state index contributed by atoms with van der Waals surface area (Å²) in [6, 6.07) is 9.96. The number of nitrogen functional groups attached to an aromatic ring is 1.